The van der Waals surface area contributed by atoms with E-state index in [1.165, 1.54) is 11.1 Å². The first-order valence-electron chi connectivity index (χ1n) is 7.45. The van der Waals surface area contributed by atoms with Gasteiger partial charge in [-0.05, 0) is 18.1 Å². The molecule has 3 nitrogen and oxygen atoms in total. The average Bonchev–Trinajstić information content (AvgIpc) is 2.57. The van der Waals surface area contributed by atoms with Crippen molar-refractivity contribution in [1.82, 2.24) is 5.32 Å². The molecule has 1 heterocycles. The molecule has 1 N–H and O–H groups in total. The number of morpholine rings is 1. The Morgan fingerprint density at radius 1 is 1.05 bits per heavy atom. The first kappa shape index (κ1) is 14.3. The Labute approximate surface area is 125 Å². The molecule has 1 fully saturated rings. The summed E-state index contributed by atoms with van der Waals surface area (Å²) < 4.78 is 12.0. The van der Waals surface area contributed by atoms with Crippen molar-refractivity contribution in [3.63, 3.8) is 0 Å². The Morgan fingerprint density at radius 2 is 1.71 bits per heavy atom. The molecule has 110 valence electrons. The highest BCUT2D eigenvalue weighted by Gasteiger charge is 2.29. The molecule has 2 unspecified atom stereocenters. The van der Waals surface area contributed by atoms with Crippen LogP contribution in [0.3, 0.4) is 0 Å². The fourth-order valence-electron chi connectivity index (χ4n) is 2.64. The summed E-state index contributed by atoms with van der Waals surface area (Å²) in [6.45, 7) is 3.59. The highest BCUT2D eigenvalue weighted by atomic mass is 16.7. The minimum absolute atomic E-state index is 0.00214. The van der Waals surface area contributed by atoms with Gasteiger partial charge in [-0.15, -0.1) is 0 Å². The fourth-order valence-corrected chi connectivity index (χ4v) is 2.64. The van der Waals surface area contributed by atoms with E-state index in [0.717, 1.165) is 6.54 Å². The van der Waals surface area contributed by atoms with E-state index in [9.17, 15) is 0 Å². The maximum Gasteiger partial charge on any atom is 0.177 e. The first-order chi connectivity index (χ1) is 10.3. The summed E-state index contributed by atoms with van der Waals surface area (Å²) >= 11 is 0. The van der Waals surface area contributed by atoms with E-state index in [0.29, 0.717) is 6.61 Å². The predicted octanol–water partition coefficient (Wildman–Crippen LogP) is 3.45. The molecule has 0 bridgehead atoms. The van der Waals surface area contributed by atoms with Crippen molar-refractivity contribution >= 4 is 0 Å². The SMILES string of the molecule is C[C@@H](OC1OCCNC1c1ccccc1)c1ccccc1. The zero-order valence-electron chi connectivity index (χ0n) is 12.2. The van der Waals surface area contributed by atoms with Crippen LogP contribution in [-0.4, -0.2) is 19.4 Å². The normalized spacial score (nSPS) is 23.7. The van der Waals surface area contributed by atoms with Crippen LogP contribution in [0.15, 0.2) is 60.7 Å². The molecule has 2 aromatic rings. The molecular formula is C18H21NO2. The Hall–Kier alpha value is -1.68. The predicted molar refractivity (Wildman–Crippen MR) is 82.9 cm³/mol. The van der Waals surface area contributed by atoms with Crippen molar-refractivity contribution in [2.75, 3.05) is 13.2 Å². The smallest absolute Gasteiger partial charge is 0.177 e. The molecule has 1 aliphatic rings. The van der Waals surface area contributed by atoms with Crippen LogP contribution in [-0.2, 0) is 9.47 Å². The molecule has 0 radical (unpaired) electrons. The molecule has 0 spiro atoms. The third-order valence-corrected chi connectivity index (χ3v) is 3.79. The molecule has 3 rings (SSSR count). The molecule has 0 amide bonds. The summed E-state index contributed by atoms with van der Waals surface area (Å²) in [6, 6.07) is 20.6. The number of nitrogens with one attached hydrogen (secondary N) is 1. The van der Waals surface area contributed by atoms with E-state index >= 15 is 0 Å². The van der Waals surface area contributed by atoms with E-state index in [-0.39, 0.29) is 18.4 Å². The molecule has 0 saturated carbocycles. The van der Waals surface area contributed by atoms with Gasteiger partial charge < -0.3 is 14.8 Å². The monoisotopic (exact) mass is 283 g/mol. The summed E-state index contributed by atoms with van der Waals surface area (Å²) in [4.78, 5) is 0. The van der Waals surface area contributed by atoms with E-state index in [2.05, 4.69) is 36.5 Å². The molecule has 3 heteroatoms. The lowest BCUT2D eigenvalue weighted by atomic mass is 10.1. The molecule has 1 saturated heterocycles. The van der Waals surface area contributed by atoms with Crippen molar-refractivity contribution in [2.45, 2.75) is 25.4 Å². The molecular weight excluding hydrogens is 262 g/mol. The van der Waals surface area contributed by atoms with Gasteiger partial charge in [-0.1, -0.05) is 60.7 Å². The molecule has 0 aliphatic carbocycles. The second kappa shape index (κ2) is 6.85. The largest absolute Gasteiger partial charge is 0.349 e. The summed E-state index contributed by atoms with van der Waals surface area (Å²) in [5, 5.41) is 3.49. The third kappa shape index (κ3) is 3.50. The van der Waals surface area contributed by atoms with Crippen molar-refractivity contribution in [2.24, 2.45) is 0 Å². The van der Waals surface area contributed by atoms with Gasteiger partial charge in [-0.3, -0.25) is 0 Å². The Kier molecular flexibility index (Phi) is 4.65. The highest BCUT2D eigenvalue weighted by molar-refractivity contribution is 5.20. The minimum Gasteiger partial charge on any atom is -0.349 e. The molecule has 2 aromatic carbocycles. The zero-order chi connectivity index (χ0) is 14.5. The van der Waals surface area contributed by atoms with Gasteiger partial charge in [0.2, 0.25) is 0 Å². The Bertz CT molecular complexity index is 544. The number of ether oxygens (including phenoxy) is 2. The van der Waals surface area contributed by atoms with Crippen LogP contribution in [0.5, 0.6) is 0 Å². The topological polar surface area (TPSA) is 30.5 Å². The van der Waals surface area contributed by atoms with Crippen molar-refractivity contribution in [1.29, 1.82) is 0 Å². The Morgan fingerprint density at radius 3 is 2.43 bits per heavy atom. The van der Waals surface area contributed by atoms with Crippen LogP contribution in [0, 0.1) is 0 Å². The average molecular weight is 283 g/mol. The summed E-state index contributed by atoms with van der Waals surface area (Å²) in [5.41, 5.74) is 2.36. The molecule has 21 heavy (non-hydrogen) atoms. The second-order valence-corrected chi connectivity index (χ2v) is 5.27. The van der Waals surface area contributed by atoms with Gasteiger partial charge in [0.05, 0.1) is 18.8 Å². The van der Waals surface area contributed by atoms with E-state index < -0.39 is 0 Å². The van der Waals surface area contributed by atoms with E-state index in [1.54, 1.807) is 0 Å². The molecule has 3 atom stereocenters. The number of benzene rings is 2. The van der Waals surface area contributed by atoms with Crippen LogP contribution < -0.4 is 5.32 Å². The maximum absolute atomic E-state index is 6.16. The molecule has 1 aliphatic heterocycles. The third-order valence-electron chi connectivity index (χ3n) is 3.79. The maximum atomic E-state index is 6.16. The first-order valence-corrected chi connectivity index (χ1v) is 7.45. The van der Waals surface area contributed by atoms with Crippen LogP contribution in [0.25, 0.3) is 0 Å². The van der Waals surface area contributed by atoms with Crippen LogP contribution >= 0.6 is 0 Å². The lowest BCUT2D eigenvalue weighted by Crippen LogP contribution is -2.43. The van der Waals surface area contributed by atoms with Gasteiger partial charge in [-0.2, -0.15) is 0 Å². The zero-order valence-corrected chi connectivity index (χ0v) is 12.2. The number of hydrogen-bond acceptors (Lipinski definition) is 3. The summed E-state index contributed by atoms with van der Waals surface area (Å²) in [5.74, 6) is 0. The minimum atomic E-state index is -0.267. The standard InChI is InChI=1S/C18H21NO2/c1-14(15-8-4-2-5-9-15)21-18-17(19-12-13-20-18)16-10-6-3-7-11-16/h2-11,14,17-19H,12-13H2,1H3/t14-,17?,18?/m1/s1. The van der Waals surface area contributed by atoms with Crippen LogP contribution in [0.4, 0.5) is 0 Å². The second-order valence-electron chi connectivity index (χ2n) is 5.27. The van der Waals surface area contributed by atoms with Gasteiger partial charge in [0.1, 0.15) is 0 Å². The summed E-state index contributed by atoms with van der Waals surface area (Å²) in [6.07, 6.45) is -0.265. The number of hydrogen-bond donors (Lipinski definition) is 1. The summed E-state index contributed by atoms with van der Waals surface area (Å²) in [7, 11) is 0. The lowest BCUT2D eigenvalue weighted by molar-refractivity contribution is -0.200. The van der Waals surface area contributed by atoms with Crippen LogP contribution in [0.1, 0.15) is 30.2 Å². The van der Waals surface area contributed by atoms with Crippen molar-refractivity contribution in [3.05, 3.63) is 71.8 Å². The number of rotatable bonds is 4. The fraction of sp³-hybridized carbons (Fsp3) is 0.333. The lowest BCUT2D eigenvalue weighted by Gasteiger charge is -2.34. The molecule has 0 aromatic heterocycles. The van der Waals surface area contributed by atoms with Gasteiger partial charge in [-0.25, -0.2) is 0 Å². The van der Waals surface area contributed by atoms with Crippen molar-refractivity contribution < 1.29 is 9.47 Å². The Balaban J connectivity index is 1.73. The van der Waals surface area contributed by atoms with Gasteiger partial charge in [0.15, 0.2) is 6.29 Å². The van der Waals surface area contributed by atoms with Gasteiger partial charge >= 0.3 is 0 Å². The van der Waals surface area contributed by atoms with Crippen molar-refractivity contribution in [3.8, 4) is 0 Å². The van der Waals surface area contributed by atoms with E-state index in [4.69, 9.17) is 9.47 Å². The van der Waals surface area contributed by atoms with Gasteiger partial charge in [0.25, 0.3) is 0 Å². The highest BCUT2D eigenvalue weighted by Crippen LogP contribution is 2.27. The van der Waals surface area contributed by atoms with Gasteiger partial charge in [0, 0.05) is 6.54 Å². The quantitative estimate of drug-likeness (QED) is 0.932. The van der Waals surface area contributed by atoms with Crippen LogP contribution in [0.2, 0.25) is 0 Å². The van der Waals surface area contributed by atoms with E-state index in [1.807, 2.05) is 36.4 Å².